The van der Waals surface area contributed by atoms with Gasteiger partial charge in [-0.1, -0.05) is 13.8 Å². The van der Waals surface area contributed by atoms with Crippen LogP contribution in [0, 0.1) is 11.6 Å². The van der Waals surface area contributed by atoms with Crippen LogP contribution in [-0.4, -0.2) is 25.2 Å². The third-order valence-corrected chi connectivity index (χ3v) is 3.68. The molecule has 2 atom stereocenters. The summed E-state index contributed by atoms with van der Waals surface area (Å²) in [6, 6.07) is 4.25. The number of piperazine rings is 1. The molecule has 100 valence electrons. The highest BCUT2D eigenvalue weighted by Gasteiger charge is 2.27. The van der Waals surface area contributed by atoms with Gasteiger partial charge in [0.1, 0.15) is 11.6 Å². The largest absolute Gasteiger partial charge is 0.363 e. The predicted octanol–water partition coefficient (Wildman–Crippen LogP) is 2.93. The van der Waals surface area contributed by atoms with Crippen molar-refractivity contribution in [2.75, 3.05) is 18.0 Å². The van der Waals surface area contributed by atoms with Gasteiger partial charge in [-0.15, -0.1) is 0 Å². The van der Waals surface area contributed by atoms with Crippen LogP contribution in [0.15, 0.2) is 18.2 Å². The molecule has 1 aliphatic rings. The summed E-state index contributed by atoms with van der Waals surface area (Å²) in [6.45, 7) is 5.73. The molecule has 2 unspecified atom stereocenters. The summed E-state index contributed by atoms with van der Waals surface area (Å²) in [5.74, 6) is -0.723. The molecule has 1 aromatic rings. The topological polar surface area (TPSA) is 15.3 Å². The molecule has 1 fully saturated rings. The quantitative estimate of drug-likeness (QED) is 0.892. The van der Waals surface area contributed by atoms with E-state index >= 15 is 0 Å². The molecule has 18 heavy (non-hydrogen) atoms. The van der Waals surface area contributed by atoms with Crippen LogP contribution in [-0.2, 0) is 0 Å². The minimum atomic E-state index is -0.382. The van der Waals surface area contributed by atoms with E-state index in [1.807, 2.05) is 4.90 Å². The lowest BCUT2D eigenvalue weighted by Gasteiger charge is -2.41. The molecule has 0 spiro atoms. The zero-order valence-electron chi connectivity index (χ0n) is 10.9. The van der Waals surface area contributed by atoms with Crippen molar-refractivity contribution in [3.8, 4) is 0 Å². The van der Waals surface area contributed by atoms with E-state index in [0.717, 1.165) is 25.9 Å². The van der Waals surface area contributed by atoms with Crippen molar-refractivity contribution < 1.29 is 8.78 Å². The molecule has 1 heterocycles. The number of benzene rings is 1. The molecule has 2 rings (SSSR count). The van der Waals surface area contributed by atoms with Crippen LogP contribution < -0.4 is 10.2 Å². The Balaban J connectivity index is 2.29. The molecule has 1 N–H and O–H groups in total. The third kappa shape index (κ3) is 2.64. The Labute approximate surface area is 107 Å². The summed E-state index contributed by atoms with van der Waals surface area (Å²) in [5.41, 5.74) is 0.391. The first-order chi connectivity index (χ1) is 8.65. The van der Waals surface area contributed by atoms with Gasteiger partial charge in [0.15, 0.2) is 0 Å². The summed E-state index contributed by atoms with van der Waals surface area (Å²) in [5, 5.41) is 3.45. The number of anilines is 1. The van der Waals surface area contributed by atoms with Gasteiger partial charge in [-0.05, 0) is 25.0 Å². The number of hydrogen-bond donors (Lipinski definition) is 1. The Morgan fingerprint density at radius 2 is 2.06 bits per heavy atom. The molecule has 0 aliphatic carbocycles. The molecule has 0 saturated carbocycles. The summed E-state index contributed by atoms with van der Waals surface area (Å²) >= 11 is 0. The first-order valence-electron chi connectivity index (χ1n) is 6.60. The zero-order valence-corrected chi connectivity index (χ0v) is 10.9. The molecule has 1 saturated heterocycles. The highest BCUT2D eigenvalue weighted by Crippen LogP contribution is 2.26. The summed E-state index contributed by atoms with van der Waals surface area (Å²) in [4.78, 5) is 2.00. The average molecular weight is 254 g/mol. The van der Waals surface area contributed by atoms with Gasteiger partial charge in [0.05, 0.1) is 5.69 Å². The predicted molar refractivity (Wildman–Crippen MR) is 69.9 cm³/mol. The number of hydrogen-bond acceptors (Lipinski definition) is 2. The summed E-state index contributed by atoms with van der Waals surface area (Å²) in [6.07, 6.45) is 1.91. The van der Waals surface area contributed by atoms with E-state index in [2.05, 4.69) is 19.2 Å². The van der Waals surface area contributed by atoms with Crippen molar-refractivity contribution in [1.82, 2.24) is 5.32 Å². The summed E-state index contributed by atoms with van der Waals surface area (Å²) in [7, 11) is 0. The lowest BCUT2D eigenvalue weighted by molar-refractivity contribution is 0.375. The Morgan fingerprint density at radius 1 is 1.28 bits per heavy atom. The van der Waals surface area contributed by atoms with Gasteiger partial charge in [-0.3, -0.25) is 0 Å². The normalized spacial score (nSPS) is 24.3. The van der Waals surface area contributed by atoms with E-state index in [-0.39, 0.29) is 17.7 Å². The van der Waals surface area contributed by atoms with Crippen LogP contribution in [0.25, 0.3) is 0 Å². The zero-order chi connectivity index (χ0) is 13.1. The van der Waals surface area contributed by atoms with Crippen molar-refractivity contribution in [2.45, 2.75) is 38.8 Å². The van der Waals surface area contributed by atoms with E-state index in [0.29, 0.717) is 11.7 Å². The fraction of sp³-hybridized carbons (Fsp3) is 0.571. The number of rotatable bonds is 3. The van der Waals surface area contributed by atoms with E-state index in [4.69, 9.17) is 0 Å². The van der Waals surface area contributed by atoms with E-state index in [9.17, 15) is 8.78 Å². The van der Waals surface area contributed by atoms with Crippen LogP contribution in [0.3, 0.4) is 0 Å². The lowest BCUT2D eigenvalue weighted by Crippen LogP contribution is -2.56. The van der Waals surface area contributed by atoms with Gasteiger partial charge in [-0.2, -0.15) is 0 Å². The van der Waals surface area contributed by atoms with Crippen molar-refractivity contribution in [1.29, 1.82) is 0 Å². The SMILES string of the molecule is CCC1CN(c2cc(F)ccc2F)C(CC)CN1. The Hall–Kier alpha value is -1.16. The van der Waals surface area contributed by atoms with Crippen molar-refractivity contribution in [2.24, 2.45) is 0 Å². The second kappa shape index (κ2) is 5.65. The van der Waals surface area contributed by atoms with Gasteiger partial charge in [0.2, 0.25) is 0 Å². The fourth-order valence-electron chi connectivity index (χ4n) is 2.50. The minimum Gasteiger partial charge on any atom is -0.363 e. The monoisotopic (exact) mass is 254 g/mol. The molecule has 2 nitrogen and oxygen atoms in total. The van der Waals surface area contributed by atoms with Crippen LogP contribution in [0.2, 0.25) is 0 Å². The molecule has 0 bridgehead atoms. The Bertz CT molecular complexity index is 409. The van der Waals surface area contributed by atoms with Gasteiger partial charge in [0, 0.05) is 31.2 Å². The molecule has 0 aromatic heterocycles. The van der Waals surface area contributed by atoms with Crippen LogP contribution >= 0.6 is 0 Å². The van der Waals surface area contributed by atoms with Gasteiger partial charge in [-0.25, -0.2) is 8.78 Å². The second-order valence-corrected chi connectivity index (χ2v) is 4.82. The highest BCUT2D eigenvalue weighted by molar-refractivity contribution is 5.50. The number of halogens is 2. The molecule has 0 radical (unpaired) electrons. The van der Waals surface area contributed by atoms with E-state index in [1.54, 1.807) is 0 Å². The smallest absolute Gasteiger partial charge is 0.146 e. The van der Waals surface area contributed by atoms with Crippen LogP contribution in [0.4, 0.5) is 14.5 Å². The van der Waals surface area contributed by atoms with Crippen molar-refractivity contribution >= 4 is 5.69 Å². The van der Waals surface area contributed by atoms with Gasteiger partial charge >= 0.3 is 0 Å². The fourth-order valence-corrected chi connectivity index (χ4v) is 2.50. The maximum atomic E-state index is 13.9. The van der Waals surface area contributed by atoms with Gasteiger partial charge in [0.25, 0.3) is 0 Å². The average Bonchev–Trinajstić information content (AvgIpc) is 2.40. The molecule has 1 aromatic carbocycles. The minimum absolute atomic E-state index is 0.226. The van der Waals surface area contributed by atoms with Crippen LogP contribution in [0.1, 0.15) is 26.7 Å². The third-order valence-electron chi connectivity index (χ3n) is 3.68. The lowest BCUT2D eigenvalue weighted by atomic mass is 10.0. The molecule has 0 amide bonds. The Morgan fingerprint density at radius 3 is 2.72 bits per heavy atom. The second-order valence-electron chi connectivity index (χ2n) is 4.82. The standard InChI is InChI=1S/C14H20F2N2/c1-3-11-9-18(12(4-2)8-17-11)14-7-10(15)5-6-13(14)16/h5-7,11-12,17H,3-4,8-9H2,1-2H3. The Kier molecular flexibility index (Phi) is 4.17. The van der Waals surface area contributed by atoms with E-state index < -0.39 is 0 Å². The molecular weight excluding hydrogens is 234 g/mol. The number of nitrogens with zero attached hydrogens (tertiary/aromatic N) is 1. The summed E-state index contributed by atoms with van der Waals surface area (Å²) < 4.78 is 27.2. The van der Waals surface area contributed by atoms with Crippen molar-refractivity contribution in [3.63, 3.8) is 0 Å². The first kappa shape index (κ1) is 13.3. The molecule has 1 aliphatic heterocycles. The first-order valence-corrected chi connectivity index (χ1v) is 6.60. The maximum absolute atomic E-state index is 13.9. The highest BCUT2D eigenvalue weighted by atomic mass is 19.1. The van der Waals surface area contributed by atoms with E-state index in [1.165, 1.54) is 18.2 Å². The molecule has 4 heteroatoms. The number of nitrogens with one attached hydrogen (secondary N) is 1. The van der Waals surface area contributed by atoms with Crippen molar-refractivity contribution in [3.05, 3.63) is 29.8 Å². The maximum Gasteiger partial charge on any atom is 0.146 e. The molecular formula is C14H20F2N2. The van der Waals surface area contributed by atoms with Crippen LogP contribution in [0.5, 0.6) is 0 Å². The van der Waals surface area contributed by atoms with Gasteiger partial charge < -0.3 is 10.2 Å².